The van der Waals surface area contributed by atoms with E-state index in [9.17, 15) is 0 Å². The first kappa shape index (κ1) is 15.3. The lowest BCUT2D eigenvalue weighted by Crippen LogP contribution is -2.35. The Labute approximate surface area is 138 Å². The second-order valence-electron chi connectivity index (χ2n) is 4.91. The standard InChI is InChI=1S/C16H17ClN2O2S/c17-14-3-1-13(2-4-14)12-21-18-11-15-5-6-16(22-15)19-7-9-20-10-8-19/h1-6,11H,7-10,12H2. The van der Waals surface area contributed by atoms with Crippen molar-refractivity contribution in [1.29, 1.82) is 0 Å². The molecule has 0 N–H and O–H groups in total. The summed E-state index contributed by atoms with van der Waals surface area (Å²) in [6.07, 6.45) is 1.75. The molecule has 0 spiro atoms. The number of thiophene rings is 1. The van der Waals surface area contributed by atoms with Gasteiger partial charge in [0.1, 0.15) is 6.61 Å². The van der Waals surface area contributed by atoms with Gasteiger partial charge in [-0.2, -0.15) is 0 Å². The van der Waals surface area contributed by atoms with E-state index in [1.807, 2.05) is 24.3 Å². The Bertz CT molecular complexity index is 621. The van der Waals surface area contributed by atoms with Gasteiger partial charge in [0.2, 0.25) is 0 Å². The third-order valence-corrected chi connectivity index (χ3v) is 4.67. The number of oxime groups is 1. The van der Waals surface area contributed by atoms with Gasteiger partial charge in [0.15, 0.2) is 0 Å². The van der Waals surface area contributed by atoms with Gasteiger partial charge in [0, 0.05) is 18.1 Å². The molecule has 1 aromatic heterocycles. The Kier molecular flexibility index (Phi) is 5.32. The van der Waals surface area contributed by atoms with Crippen molar-refractivity contribution in [3.63, 3.8) is 0 Å². The molecule has 6 heteroatoms. The largest absolute Gasteiger partial charge is 0.391 e. The van der Waals surface area contributed by atoms with Crippen molar-refractivity contribution in [3.05, 3.63) is 51.9 Å². The number of morpholine rings is 1. The predicted octanol–water partition coefficient (Wildman–Crippen LogP) is 3.79. The second kappa shape index (κ2) is 7.63. The lowest BCUT2D eigenvalue weighted by Gasteiger charge is -2.27. The maximum absolute atomic E-state index is 5.84. The highest BCUT2D eigenvalue weighted by molar-refractivity contribution is 7.17. The van der Waals surface area contributed by atoms with E-state index >= 15 is 0 Å². The number of nitrogens with zero attached hydrogens (tertiary/aromatic N) is 2. The fourth-order valence-corrected chi connectivity index (χ4v) is 3.19. The average molecular weight is 337 g/mol. The van der Waals surface area contributed by atoms with Crippen LogP contribution in [0.25, 0.3) is 0 Å². The Hall–Kier alpha value is -1.56. The van der Waals surface area contributed by atoms with E-state index in [1.54, 1.807) is 17.6 Å². The number of anilines is 1. The minimum Gasteiger partial charge on any atom is -0.391 e. The van der Waals surface area contributed by atoms with Crippen molar-refractivity contribution in [2.24, 2.45) is 5.16 Å². The lowest BCUT2D eigenvalue weighted by molar-refractivity contribution is 0.123. The molecule has 0 aliphatic carbocycles. The van der Waals surface area contributed by atoms with Crippen molar-refractivity contribution in [2.75, 3.05) is 31.2 Å². The average Bonchev–Trinajstić information content (AvgIpc) is 3.03. The summed E-state index contributed by atoms with van der Waals surface area (Å²) in [4.78, 5) is 8.73. The molecule has 22 heavy (non-hydrogen) atoms. The maximum atomic E-state index is 5.84. The zero-order valence-corrected chi connectivity index (χ0v) is 13.6. The van der Waals surface area contributed by atoms with Gasteiger partial charge in [-0.05, 0) is 29.8 Å². The van der Waals surface area contributed by atoms with Crippen molar-refractivity contribution >= 4 is 34.2 Å². The molecule has 1 aliphatic heterocycles. The van der Waals surface area contributed by atoms with Crippen LogP contribution in [0.4, 0.5) is 5.00 Å². The highest BCUT2D eigenvalue weighted by Gasteiger charge is 2.12. The zero-order valence-electron chi connectivity index (χ0n) is 12.1. The predicted molar refractivity (Wildman–Crippen MR) is 91.2 cm³/mol. The van der Waals surface area contributed by atoms with Crippen LogP contribution in [0.2, 0.25) is 5.02 Å². The molecule has 0 radical (unpaired) electrons. The Morgan fingerprint density at radius 1 is 1.18 bits per heavy atom. The summed E-state index contributed by atoms with van der Waals surface area (Å²) < 4.78 is 5.37. The van der Waals surface area contributed by atoms with E-state index < -0.39 is 0 Å². The minimum atomic E-state index is 0.440. The number of ether oxygens (including phenoxy) is 1. The van der Waals surface area contributed by atoms with Crippen molar-refractivity contribution in [1.82, 2.24) is 0 Å². The van der Waals surface area contributed by atoms with E-state index in [-0.39, 0.29) is 0 Å². The van der Waals surface area contributed by atoms with Crippen molar-refractivity contribution in [3.8, 4) is 0 Å². The van der Waals surface area contributed by atoms with Crippen LogP contribution in [0, 0.1) is 0 Å². The smallest absolute Gasteiger partial charge is 0.142 e. The van der Waals surface area contributed by atoms with Gasteiger partial charge in [-0.15, -0.1) is 11.3 Å². The monoisotopic (exact) mass is 336 g/mol. The van der Waals surface area contributed by atoms with E-state index in [2.05, 4.69) is 22.2 Å². The van der Waals surface area contributed by atoms with E-state index in [0.29, 0.717) is 6.61 Å². The summed E-state index contributed by atoms with van der Waals surface area (Å²) in [6.45, 7) is 3.93. The first-order valence-corrected chi connectivity index (χ1v) is 8.33. The van der Waals surface area contributed by atoms with Crippen molar-refractivity contribution < 1.29 is 9.57 Å². The quantitative estimate of drug-likeness (QED) is 0.615. The summed E-state index contributed by atoms with van der Waals surface area (Å²) in [5.74, 6) is 0. The van der Waals surface area contributed by atoms with Gasteiger partial charge in [-0.25, -0.2) is 0 Å². The van der Waals surface area contributed by atoms with E-state index in [4.69, 9.17) is 21.2 Å². The van der Waals surface area contributed by atoms with Gasteiger partial charge in [-0.1, -0.05) is 28.9 Å². The van der Waals surface area contributed by atoms with E-state index in [1.165, 1.54) is 5.00 Å². The number of benzene rings is 1. The number of hydrogen-bond acceptors (Lipinski definition) is 5. The summed E-state index contributed by atoms with van der Waals surface area (Å²) in [5, 5.41) is 6.00. The van der Waals surface area contributed by atoms with Gasteiger partial charge < -0.3 is 14.5 Å². The molecule has 0 unspecified atom stereocenters. The summed E-state index contributed by atoms with van der Waals surface area (Å²) in [5.41, 5.74) is 1.04. The van der Waals surface area contributed by atoms with E-state index in [0.717, 1.165) is 41.8 Å². The maximum Gasteiger partial charge on any atom is 0.142 e. The molecule has 0 saturated carbocycles. The first-order chi connectivity index (χ1) is 10.8. The van der Waals surface area contributed by atoms with Gasteiger partial charge in [0.25, 0.3) is 0 Å². The van der Waals surface area contributed by atoms with Crippen LogP contribution in [0.1, 0.15) is 10.4 Å². The van der Waals surface area contributed by atoms with Crippen LogP contribution in [-0.2, 0) is 16.2 Å². The second-order valence-corrected chi connectivity index (χ2v) is 6.44. The molecule has 0 atom stereocenters. The Balaban J connectivity index is 1.50. The van der Waals surface area contributed by atoms with Gasteiger partial charge in [-0.3, -0.25) is 0 Å². The molecule has 0 amide bonds. The molecular weight excluding hydrogens is 320 g/mol. The normalized spacial score (nSPS) is 15.4. The summed E-state index contributed by atoms with van der Waals surface area (Å²) in [7, 11) is 0. The Morgan fingerprint density at radius 3 is 2.73 bits per heavy atom. The molecule has 1 saturated heterocycles. The van der Waals surface area contributed by atoms with Gasteiger partial charge in [0.05, 0.1) is 29.3 Å². The summed E-state index contributed by atoms with van der Waals surface area (Å²) >= 11 is 7.55. The van der Waals surface area contributed by atoms with Crippen LogP contribution in [0.15, 0.2) is 41.6 Å². The van der Waals surface area contributed by atoms with Gasteiger partial charge >= 0.3 is 0 Å². The highest BCUT2D eigenvalue weighted by atomic mass is 35.5. The zero-order chi connectivity index (χ0) is 15.2. The molecule has 1 fully saturated rings. The summed E-state index contributed by atoms with van der Waals surface area (Å²) in [6, 6.07) is 11.7. The molecule has 2 aromatic rings. The fourth-order valence-electron chi connectivity index (χ4n) is 2.15. The van der Waals surface area contributed by atoms with Crippen molar-refractivity contribution in [2.45, 2.75) is 6.61 Å². The van der Waals surface area contributed by atoms with Crippen LogP contribution >= 0.6 is 22.9 Å². The van der Waals surface area contributed by atoms with Crippen LogP contribution < -0.4 is 4.90 Å². The number of rotatable bonds is 5. The van der Waals surface area contributed by atoms with Crippen LogP contribution in [-0.4, -0.2) is 32.5 Å². The fraction of sp³-hybridized carbons (Fsp3) is 0.312. The third kappa shape index (κ3) is 4.22. The molecule has 1 aliphatic rings. The highest BCUT2D eigenvalue weighted by Crippen LogP contribution is 2.25. The Morgan fingerprint density at radius 2 is 1.95 bits per heavy atom. The number of halogens is 1. The topological polar surface area (TPSA) is 34.1 Å². The molecule has 0 bridgehead atoms. The minimum absolute atomic E-state index is 0.440. The molecule has 116 valence electrons. The SMILES string of the molecule is Clc1ccc(CON=Cc2ccc(N3CCOCC3)s2)cc1. The molecule has 4 nitrogen and oxygen atoms in total. The molecule has 3 rings (SSSR count). The lowest BCUT2D eigenvalue weighted by atomic mass is 10.2. The third-order valence-electron chi connectivity index (χ3n) is 3.33. The first-order valence-electron chi connectivity index (χ1n) is 7.13. The van der Waals surface area contributed by atoms with Crippen LogP contribution in [0.5, 0.6) is 0 Å². The molecular formula is C16H17ClN2O2S. The van der Waals surface area contributed by atoms with Crippen LogP contribution in [0.3, 0.4) is 0 Å². The molecule has 2 heterocycles. The number of hydrogen-bond donors (Lipinski definition) is 0. The molecule has 1 aromatic carbocycles.